The van der Waals surface area contributed by atoms with Gasteiger partial charge in [-0.3, -0.25) is 4.79 Å². The number of aromatic hydroxyl groups is 1. The van der Waals surface area contributed by atoms with Gasteiger partial charge in [-0.05, 0) is 54.8 Å². The molecule has 3 rings (SSSR count). The summed E-state index contributed by atoms with van der Waals surface area (Å²) >= 11 is 0. The lowest BCUT2D eigenvalue weighted by atomic mass is 9.94. The zero-order chi connectivity index (χ0) is 16.4. The molecule has 1 aliphatic carbocycles. The molecule has 0 aliphatic heterocycles. The van der Waals surface area contributed by atoms with E-state index in [1.54, 1.807) is 38.5 Å². The zero-order valence-electron chi connectivity index (χ0n) is 13.1. The van der Waals surface area contributed by atoms with E-state index in [9.17, 15) is 9.90 Å². The summed E-state index contributed by atoms with van der Waals surface area (Å²) in [5.74, 6) is 1.39. The number of benzene rings is 2. The monoisotopic (exact) mass is 313 g/mol. The number of methoxy groups -OCH3 is 2. The van der Waals surface area contributed by atoms with Crippen LogP contribution in [0.2, 0.25) is 0 Å². The first-order valence-electron chi connectivity index (χ1n) is 7.42. The van der Waals surface area contributed by atoms with E-state index < -0.39 is 5.41 Å². The van der Waals surface area contributed by atoms with Crippen molar-refractivity contribution in [2.24, 2.45) is 0 Å². The van der Waals surface area contributed by atoms with Gasteiger partial charge in [-0.15, -0.1) is 0 Å². The molecule has 120 valence electrons. The molecule has 1 saturated carbocycles. The van der Waals surface area contributed by atoms with Gasteiger partial charge in [0.25, 0.3) is 0 Å². The van der Waals surface area contributed by atoms with Crippen LogP contribution in [-0.2, 0) is 10.2 Å². The van der Waals surface area contributed by atoms with Gasteiger partial charge in [0.05, 0.1) is 19.6 Å². The van der Waals surface area contributed by atoms with Gasteiger partial charge in [0, 0.05) is 5.69 Å². The third kappa shape index (κ3) is 2.82. The number of nitrogens with one attached hydrogen (secondary N) is 1. The van der Waals surface area contributed by atoms with Crippen molar-refractivity contribution in [3.05, 3.63) is 48.0 Å². The third-order valence-corrected chi connectivity index (χ3v) is 4.25. The van der Waals surface area contributed by atoms with E-state index in [0.29, 0.717) is 17.2 Å². The summed E-state index contributed by atoms with van der Waals surface area (Å²) in [6, 6.07) is 12.0. The van der Waals surface area contributed by atoms with Gasteiger partial charge in [0.1, 0.15) is 5.75 Å². The normalized spacial score (nSPS) is 14.9. The summed E-state index contributed by atoms with van der Waals surface area (Å²) in [7, 11) is 3.17. The molecule has 2 N–H and O–H groups in total. The van der Waals surface area contributed by atoms with Gasteiger partial charge >= 0.3 is 0 Å². The molecule has 0 saturated heterocycles. The first-order chi connectivity index (χ1) is 11.1. The summed E-state index contributed by atoms with van der Waals surface area (Å²) in [4.78, 5) is 12.7. The van der Waals surface area contributed by atoms with Crippen LogP contribution < -0.4 is 14.8 Å². The van der Waals surface area contributed by atoms with Crippen LogP contribution in [0.15, 0.2) is 42.5 Å². The van der Waals surface area contributed by atoms with E-state index in [0.717, 1.165) is 18.4 Å². The van der Waals surface area contributed by atoms with Crippen LogP contribution in [0.4, 0.5) is 5.69 Å². The molecule has 23 heavy (non-hydrogen) atoms. The number of phenolic OH excluding ortho intramolecular Hbond substituents is 1. The molecular formula is C18H19NO4. The van der Waals surface area contributed by atoms with Crippen LogP contribution in [-0.4, -0.2) is 25.2 Å². The van der Waals surface area contributed by atoms with Crippen molar-refractivity contribution in [3.8, 4) is 17.2 Å². The number of hydrogen-bond donors (Lipinski definition) is 2. The minimum Gasteiger partial charge on any atom is -0.508 e. The Morgan fingerprint density at radius 1 is 1.04 bits per heavy atom. The average molecular weight is 313 g/mol. The van der Waals surface area contributed by atoms with Crippen molar-refractivity contribution in [2.45, 2.75) is 18.3 Å². The van der Waals surface area contributed by atoms with Crippen molar-refractivity contribution in [2.75, 3.05) is 19.5 Å². The van der Waals surface area contributed by atoms with Crippen molar-refractivity contribution in [1.29, 1.82) is 0 Å². The first-order valence-corrected chi connectivity index (χ1v) is 7.42. The lowest BCUT2D eigenvalue weighted by molar-refractivity contribution is -0.118. The Hall–Kier alpha value is -2.69. The van der Waals surface area contributed by atoms with E-state index in [1.807, 2.05) is 18.2 Å². The molecule has 0 aromatic heterocycles. The van der Waals surface area contributed by atoms with Gasteiger partial charge in [0.15, 0.2) is 11.5 Å². The standard InChI is InChI=1S/C18H19NO4/c1-22-15-8-3-12(11-16(15)23-2)18(9-10-18)17(21)19-13-4-6-14(20)7-5-13/h3-8,11,20H,9-10H2,1-2H3,(H,19,21). The highest BCUT2D eigenvalue weighted by Gasteiger charge is 2.51. The number of anilines is 1. The predicted octanol–water partition coefficient (Wildman–Crippen LogP) is 3.08. The second-order valence-corrected chi connectivity index (χ2v) is 5.65. The Labute approximate surface area is 134 Å². The largest absolute Gasteiger partial charge is 0.508 e. The number of carbonyl (C=O) groups excluding carboxylic acids is 1. The van der Waals surface area contributed by atoms with E-state index in [-0.39, 0.29) is 11.7 Å². The molecule has 0 atom stereocenters. The SMILES string of the molecule is COc1ccc(C2(C(=O)Nc3ccc(O)cc3)CC2)cc1OC. The Kier molecular flexibility index (Phi) is 3.86. The molecule has 2 aromatic carbocycles. The van der Waals surface area contributed by atoms with Crippen molar-refractivity contribution < 1.29 is 19.4 Å². The van der Waals surface area contributed by atoms with Crippen LogP contribution in [0.25, 0.3) is 0 Å². The molecular weight excluding hydrogens is 294 g/mol. The molecule has 0 radical (unpaired) electrons. The second kappa shape index (κ2) is 5.83. The van der Waals surface area contributed by atoms with Gasteiger partial charge in [-0.25, -0.2) is 0 Å². The first kappa shape index (κ1) is 15.2. The third-order valence-electron chi connectivity index (χ3n) is 4.25. The van der Waals surface area contributed by atoms with E-state index in [2.05, 4.69) is 5.32 Å². The highest BCUT2D eigenvalue weighted by atomic mass is 16.5. The van der Waals surface area contributed by atoms with Crippen LogP contribution >= 0.6 is 0 Å². The highest BCUT2D eigenvalue weighted by Crippen LogP contribution is 2.50. The van der Waals surface area contributed by atoms with E-state index >= 15 is 0 Å². The smallest absolute Gasteiger partial charge is 0.235 e. The fourth-order valence-corrected chi connectivity index (χ4v) is 2.70. The fourth-order valence-electron chi connectivity index (χ4n) is 2.70. The number of ether oxygens (including phenoxy) is 2. The molecule has 0 unspecified atom stereocenters. The van der Waals surface area contributed by atoms with Crippen LogP contribution in [0.3, 0.4) is 0 Å². The fraction of sp³-hybridized carbons (Fsp3) is 0.278. The molecule has 1 amide bonds. The number of carbonyl (C=O) groups is 1. The minimum absolute atomic E-state index is 0.0459. The van der Waals surface area contributed by atoms with Crippen LogP contribution in [0, 0.1) is 0 Å². The lowest BCUT2D eigenvalue weighted by Gasteiger charge is -2.18. The molecule has 1 fully saturated rings. The van der Waals surface area contributed by atoms with Gasteiger partial charge in [-0.2, -0.15) is 0 Å². The van der Waals surface area contributed by atoms with Crippen LogP contribution in [0.1, 0.15) is 18.4 Å². The number of hydrogen-bond acceptors (Lipinski definition) is 4. The van der Waals surface area contributed by atoms with Crippen molar-refractivity contribution in [1.82, 2.24) is 0 Å². The molecule has 1 aliphatic rings. The summed E-state index contributed by atoms with van der Waals surface area (Å²) in [6.45, 7) is 0. The number of rotatable bonds is 5. The quantitative estimate of drug-likeness (QED) is 0.832. The Balaban J connectivity index is 1.84. The molecule has 5 nitrogen and oxygen atoms in total. The van der Waals surface area contributed by atoms with Gasteiger partial charge in [-0.1, -0.05) is 6.07 Å². The zero-order valence-corrected chi connectivity index (χ0v) is 13.1. The van der Waals surface area contributed by atoms with E-state index in [4.69, 9.17) is 9.47 Å². The summed E-state index contributed by atoms with van der Waals surface area (Å²) < 4.78 is 10.6. The molecule has 0 heterocycles. The van der Waals surface area contributed by atoms with Gasteiger partial charge in [0.2, 0.25) is 5.91 Å². The minimum atomic E-state index is -0.516. The Morgan fingerprint density at radius 3 is 2.26 bits per heavy atom. The molecule has 0 bridgehead atoms. The Bertz CT molecular complexity index is 720. The maximum atomic E-state index is 12.7. The Morgan fingerprint density at radius 2 is 1.70 bits per heavy atom. The maximum absolute atomic E-state index is 12.7. The van der Waals surface area contributed by atoms with Gasteiger partial charge < -0.3 is 19.9 Å². The van der Waals surface area contributed by atoms with Crippen molar-refractivity contribution >= 4 is 11.6 Å². The van der Waals surface area contributed by atoms with Crippen LogP contribution in [0.5, 0.6) is 17.2 Å². The molecule has 2 aromatic rings. The molecule has 0 spiro atoms. The van der Waals surface area contributed by atoms with E-state index in [1.165, 1.54) is 0 Å². The highest BCUT2D eigenvalue weighted by molar-refractivity contribution is 6.01. The maximum Gasteiger partial charge on any atom is 0.235 e. The molecule has 5 heteroatoms. The topological polar surface area (TPSA) is 67.8 Å². The average Bonchev–Trinajstić information content (AvgIpc) is 3.38. The number of amides is 1. The summed E-state index contributed by atoms with van der Waals surface area (Å²) in [6.07, 6.45) is 1.60. The summed E-state index contributed by atoms with van der Waals surface area (Å²) in [5, 5.41) is 12.2. The predicted molar refractivity (Wildman–Crippen MR) is 87.2 cm³/mol. The lowest BCUT2D eigenvalue weighted by Crippen LogP contribution is -2.27. The summed E-state index contributed by atoms with van der Waals surface area (Å²) in [5.41, 5.74) is 1.07. The second-order valence-electron chi connectivity index (χ2n) is 5.65. The number of phenols is 1. The van der Waals surface area contributed by atoms with Crippen molar-refractivity contribution in [3.63, 3.8) is 0 Å².